The van der Waals surface area contributed by atoms with Gasteiger partial charge in [-0.3, -0.25) is 14.9 Å². The van der Waals surface area contributed by atoms with Gasteiger partial charge < -0.3 is 4.90 Å². The maximum atomic E-state index is 12.0. The molecule has 0 radical (unpaired) electrons. The van der Waals surface area contributed by atoms with Gasteiger partial charge in [0.1, 0.15) is 0 Å². The van der Waals surface area contributed by atoms with Gasteiger partial charge in [-0.15, -0.1) is 0 Å². The number of nitro groups is 1. The molecule has 24 heavy (non-hydrogen) atoms. The Labute approximate surface area is 139 Å². The van der Waals surface area contributed by atoms with Crippen molar-refractivity contribution in [2.24, 2.45) is 0 Å². The van der Waals surface area contributed by atoms with Crippen molar-refractivity contribution in [2.75, 3.05) is 4.90 Å². The first kappa shape index (κ1) is 15.7. The molecule has 3 aromatic rings. The number of rotatable bonds is 4. The third-order valence-electron chi connectivity index (χ3n) is 3.89. The fourth-order valence-electron chi connectivity index (χ4n) is 2.68. The molecule has 3 aromatic carbocycles. The van der Waals surface area contributed by atoms with E-state index in [1.165, 1.54) is 24.0 Å². The first-order chi connectivity index (χ1) is 11.5. The number of hydrogen-bond acceptors (Lipinski definition) is 3. The number of nitrogens with zero attached hydrogens (tertiary/aromatic N) is 2. The van der Waals surface area contributed by atoms with Crippen LogP contribution in [-0.4, -0.2) is 10.8 Å². The number of fused-ring (bicyclic) bond motifs is 1. The largest absolute Gasteiger partial charge is 0.308 e. The lowest BCUT2D eigenvalue weighted by atomic mass is 10.1. The van der Waals surface area contributed by atoms with Crippen LogP contribution >= 0.6 is 0 Å². The number of hydrogen-bond donors (Lipinski definition) is 0. The molecule has 0 aliphatic heterocycles. The van der Waals surface area contributed by atoms with Crippen molar-refractivity contribution in [3.05, 3.63) is 82.4 Å². The highest BCUT2D eigenvalue weighted by Crippen LogP contribution is 2.24. The van der Waals surface area contributed by atoms with E-state index in [-0.39, 0.29) is 11.6 Å². The Bertz CT molecular complexity index is 921. The summed E-state index contributed by atoms with van der Waals surface area (Å²) in [4.78, 5) is 24.1. The zero-order valence-corrected chi connectivity index (χ0v) is 13.2. The van der Waals surface area contributed by atoms with Crippen molar-refractivity contribution >= 4 is 28.1 Å². The van der Waals surface area contributed by atoms with Gasteiger partial charge in [0, 0.05) is 19.1 Å². The van der Waals surface area contributed by atoms with E-state index < -0.39 is 4.92 Å². The topological polar surface area (TPSA) is 63.5 Å². The van der Waals surface area contributed by atoms with Gasteiger partial charge in [-0.25, -0.2) is 0 Å². The van der Waals surface area contributed by atoms with E-state index in [1.54, 1.807) is 12.1 Å². The van der Waals surface area contributed by atoms with Crippen LogP contribution in [0.5, 0.6) is 0 Å². The fourth-order valence-corrected chi connectivity index (χ4v) is 2.68. The predicted molar refractivity (Wildman–Crippen MR) is 93.9 cm³/mol. The molecular weight excluding hydrogens is 304 g/mol. The fraction of sp³-hybridized carbons (Fsp3) is 0.105. The predicted octanol–water partition coefficient (Wildman–Crippen LogP) is 4.30. The molecule has 0 heterocycles. The molecule has 0 atom stereocenters. The summed E-state index contributed by atoms with van der Waals surface area (Å²) in [5.74, 6) is -0.163. The van der Waals surface area contributed by atoms with Gasteiger partial charge in [-0.1, -0.05) is 42.5 Å². The monoisotopic (exact) mass is 320 g/mol. The van der Waals surface area contributed by atoms with Crippen LogP contribution in [0.3, 0.4) is 0 Å². The highest BCUT2D eigenvalue weighted by Gasteiger charge is 2.15. The van der Waals surface area contributed by atoms with Gasteiger partial charge >= 0.3 is 0 Å². The number of anilines is 1. The average molecular weight is 320 g/mol. The maximum Gasteiger partial charge on any atom is 0.271 e. The lowest BCUT2D eigenvalue weighted by Crippen LogP contribution is -2.27. The Hall–Kier alpha value is -3.21. The number of carbonyl (C=O) groups excluding carboxylic acids is 1. The minimum atomic E-state index is -0.460. The van der Waals surface area contributed by atoms with E-state index in [0.29, 0.717) is 12.2 Å². The third kappa shape index (κ3) is 3.25. The molecule has 0 unspecified atom stereocenters. The van der Waals surface area contributed by atoms with Crippen LogP contribution in [0.4, 0.5) is 11.4 Å². The smallest absolute Gasteiger partial charge is 0.271 e. The van der Waals surface area contributed by atoms with E-state index in [9.17, 15) is 14.9 Å². The number of nitro benzene ring substituents is 1. The summed E-state index contributed by atoms with van der Waals surface area (Å²) in [6.45, 7) is 1.82. The molecule has 0 N–H and O–H groups in total. The molecule has 5 nitrogen and oxygen atoms in total. The number of non-ortho nitro benzene ring substituents is 1. The molecule has 0 aromatic heterocycles. The van der Waals surface area contributed by atoms with Crippen LogP contribution in [-0.2, 0) is 11.3 Å². The van der Waals surface area contributed by atoms with Gasteiger partial charge in [0.25, 0.3) is 5.69 Å². The Morgan fingerprint density at radius 3 is 2.46 bits per heavy atom. The van der Waals surface area contributed by atoms with Crippen molar-refractivity contribution in [3.8, 4) is 0 Å². The first-order valence-corrected chi connectivity index (χ1v) is 7.55. The number of amides is 1. The molecule has 0 aliphatic carbocycles. The van der Waals surface area contributed by atoms with Crippen LogP contribution in [0.2, 0.25) is 0 Å². The second kappa shape index (κ2) is 6.50. The normalized spacial score (nSPS) is 10.5. The SMILES string of the molecule is CC(=O)N(Cc1ccc2ccccc2c1)c1cccc([N+](=O)[O-])c1. The molecule has 120 valence electrons. The van der Waals surface area contributed by atoms with Crippen molar-refractivity contribution in [1.82, 2.24) is 0 Å². The van der Waals surface area contributed by atoms with Crippen LogP contribution in [0.15, 0.2) is 66.7 Å². The summed E-state index contributed by atoms with van der Waals surface area (Å²) in [6, 6.07) is 20.1. The van der Waals surface area contributed by atoms with E-state index in [0.717, 1.165) is 16.3 Å². The van der Waals surface area contributed by atoms with Crippen molar-refractivity contribution in [1.29, 1.82) is 0 Å². The van der Waals surface area contributed by atoms with E-state index in [4.69, 9.17) is 0 Å². The van der Waals surface area contributed by atoms with Gasteiger partial charge in [0.2, 0.25) is 5.91 Å². The van der Waals surface area contributed by atoms with E-state index in [1.807, 2.05) is 42.5 Å². The maximum absolute atomic E-state index is 12.0. The summed E-state index contributed by atoms with van der Waals surface area (Å²) in [5, 5.41) is 13.2. The Morgan fingerprint density at radius 2 is 1.75 bits per heavy atom. The lowest BCUT2D eigenvalue weighted by molar-refractivity contribution is -0.384. The van der Waals surface area contributed by atoms with E-state index >= 15 is 0 Å². The highest BCUT2D eigenvalue weighted by molar-refractivity contribution is 5.92. The molecule has 0 fully saturated rings. The van der Waals surface area contributed by atoms with Crippen molar-refractivity contribution in [2.45, 2.75) is 13.5 Å². The Kier molecular flexibility index (Phi) is 4.24. The molecule has 0 saturated carbocycles. The highest BCUT2D eigenvalue weighted by atomic mass is 16.6. The zero-order valence-electron chi connectivity index (χ0n) is 13.2. The minimum absolute atomic E-state index is 0.0303. The summed E-state index contributed by atoms with van der Waals surface area (Å²) >= 11 is 0. The second-order valence-corrected chi connectivity index (χ2v) is 5.56. The molecule has 1 amide bonds. The van der Waals surface area contributed by atoms with Gasteiger partial charge in [-0.05, 0) is 28.5 Å². The number of carbonyl (C=O) groups is 1. The molecule has 0 saturated heterocycles. The summed E-state index contributed by atoms with van der Waals surface area (Å²) in [7, 11) is 0. The molecular formula is C19H16N2O3. The zero-order chi connectivity index (χ0) is 17.1. The second-order valence-electron chi connectivity index (χ2n) is 5.56. The van der Waals surface area contributed by atoms with Gasteiger partial charge in [0.05, 0.1) is 17.2 Å². The standard InChI is InChI=1S/C19H16N2O3/c1-14(22)20(18-7-4-8-19(12-18)21(23)24)13-15-9-10-16-5-2-3-6-17(16)11-15/h2-12H,13H2,1H3. The molecule has 0 aliphatic rings. The third-order valence-corrected chi connectivity index (χ3v) is 3.89. The molecule has 0 bridgehead atoms. The van der Waals surface area contributed by atoms with Gasteiger partial charge in [-0.2, -0.15) is 0 Å². The average Bonchev–Trinajstić information content (AvgIpc) is 2.59. The summed E-state index contributed by atoms with van der Waals surface area (Å²) in [6.07, 6.45) is 0. The summed E-state index contributed by atoms with van der Waals surface area (Å²) in [5.41, 5.74) is 1.46. The van der Waals surface area contributed by atoms with Crippen LogP contribution in [0.25, 0.3) is 10.8 Å². The van der Waals surface area contributed by atoms with Gasteiger partial charge in [0.15, 0.2) is 0 Å². The van der Waals surface area contributed by atoms with Crippen LogP contribution < -0.4 is 4.90 Å². The van der Waals surface area contributed by atoms with Crippen LogP contribution in [0.1, 0.15) is 12.5 Å². The Morgan fingerprint density at radius 1 is 1.00 bits per heavy atom. The number of benzene rings is 3. The Balaban J connectivity index is 1.94. The molecule has 3 rings (SSSR count). The first-order valence-electron chi connectivity index (χ1n) is 7.55. The lowest BCUT2D eigenvalue weighted by Gasteiger charge is -2.21. The molecule has 5 heteroatoms. The molecule has 0 spiro atoms. The van der Waals surface area contributed by atoms with E-state index in [2.05, 4.69) is 0 Å². The quantitative estimate of drug-likeness (QED) is 0.532. The summed E-state index contributed by atoms with van der Waals surface area (Å²) < 4.78 is 0. The van der Waals surface area contributed by atoms with Crippen LogP contribution in [0, 0.1) is 10.1 Å². The van der Waals surface area contributed by atoms with Crippen molar-refractivity contribution < 1.29 is 9.72 Å². The minimum Gasteiger partial charge on any atom is -0.308 e. The van der Waals surface area contributed by atoms with Crippen molar-refractivity contribution in [3.63, 3.8) is 0 Å².